The highest BCUT2D eigenvalue weighted by molar-refractivity contribution is 6.18. The van der Waals surface area contributed by atoms with Gasteiger partial charge in [-0.15, -0.1) is 11.6 Å². The van der Waals surface area contributed by atoms with Gasteiger partial charge in [0.15, 0.2) is 0 Å². The average molecular weight is 231 g/mol. The molecule has 1 saturated heterocycles. The molecule has 0 spiro atoms. The van der Waals surface area contributed by atoms with Gasteiger partial charge in [-0.2, -0.15) is 0 Å². The molecule has 0 bridgehead atoms. The number of hydrogen-bond donors (Lipinski definition) is 0. The van der Waals surface area contributed by atoms with Crippen molar-refractivity contribution in [1.29, 1.82) is 0 Å². The van der Waals surface area contributed by atoms with Gasteiger partial charge in [-0.05, 0) is 25.8 Å². The Hall–Kier alpha value is -0.280. The molecule has 2 aliphatic rings. The van der Waals surface area contributed by atoms with Crippen LogP contribution in [0.2, 0.25) is 0 Å². The maximum absolute atomic E-state index is 11.9. The molecule has 1 aliphatic carbocycles. The van der Waals surface area contributed by atoms with Gasteiger partial charge < -0.3 is 9.80 Å². The third-order valence-corrected chi connectivity index (χ3v) is 3.40. The quantitative estimate of drug-likeness (QED) is 0.680. The molecule has 0 radical (unpaired) electrons. The zero-order valence-electron chi connectivity index (χ0n) is 9.12. The van der Waals surface area contributed by atoms with Crippen LogP contribution < -0.4 is 0 Å². The van der Waals surface area contributed by atoms with Crippen LogP contribution >= 0.6 is 11.6 Å². The lowest BCUT2D eigenvalue weighted by atomic mass is 10.3. The molecule has 0 unspecified atom stereocenters. The van der Waals surface area contributed by atoms with Crippen molar-refractivity contribution in [1.82, 2.24) is 9.80 Å². The lowest BCUT2D eigenvalue weighted by Crippen LogP contribution is -2.36. The molecular formula is C11H19ClN2O. The Kier molecular flexibility index (Phi) is 3.87. The molecule has 1 saturated carbocycles. The van der Waals surface area contributed by atoms with Crippen LogP contribution in [-0.2, 0) is 4.79 Å². The second-order valence-corrected chi connectivity index (χ2v) is 4.86. The van der Waals surface area contributed by atoms with Gasteiger partial charge in [0, 0.05) is 38.0 Å². The molecule has 1 heterocycles. The predicted molar refractivity (Wildman–Crippen MR) is 61.1 cm³/mol. The van der Waals surface area contributed by atoms with Crippen molar-refractivity contribution in [2.24, 2.45) is 5.92 Å². The molecule has 15 heavy (non-hydrogen) atoms. The Morgan fingerprint density at radius 3 is 2.67 bits per heavy atom. The minimum Gasteiger partial charge on any atom is -0.341 e. The molecule has 0 aromatic rings. The molecule has 3 nitrogen and oxygen atoms in total. The predicted octanol–water partition coefficient (Wildman–Crippen LogP) is 1.17. The van der Waals surface area contributed by atoms with Gasteiger partial charge in [0.25, 0.3) is 0 Å². The number of nitrogens with zero attached hydrogens (tertiary/aromatic N) is 2. The van der Waals surface area contributed by atoms with Gasteiger partial charge in [0.05, 0.1) is 0 Å². The van der Waals surface area contributed by atoms with E-state index in [0.29, 0.717) is 17.7 Å². The van der Waals surface area contributed by atoms with E-state index >= 15 is 0 Å². The van der Waals surface area contributed by atoms with Crippen LogP contribution in [-0.4, -0.2) is 54.3 Å². The first-order chi connectivity index (χ1) is 7.31. The Labute approximate surface area is 96.4 Å². The van der Waals surface area contributed by atoms with E-state index in [9.17, 15) is 4.79 Å². The number of carbonyl (C=O) groups excluding carboxylic acids is 1. The molecule has 1 amide bonds. The Morgan fingerprint density at radius 2 is 2.00 bits per heavy atom. The molecule has 4 heteroatoms. The fourth-order valence-electron chi connectivity index (χ4n) is 2.12. The fourth-order valence-corrected chi connectivity index (χ4v) is 2.36. The van der Waals surface area contributed by atoms with E-state index in [2.05, 4.69) is 4.90 Å². The van der Waals surface area contributed by atoms with E-state index in [1.54, 1.807) is 0 Å². The van der Waals surface area contributed by atoms with E-state index in [1.165, 1.54) is 0 Å². The van der Waals surface area contributed by atoms with Gasteiger partial charge >= 0.3 is 0 Å². The van der Waals surface area contributed by atoms with Crippen molar-refractivity contribution >= 4 is 17.5 Å². The lowest BCUT2D eigenvalue weighted by Gasteiger charge is -2.21. The first kappa shape index (κ1) is 11.2. The van der Waals surface area contributed by atoms with Gasteiger partial charge in [0.2, 0.25) is 5.91 Å². The topological polar surface area (TPSA) is 23.6 Å². The molecule has 0 aromatic carbocycles. The summed E-state index contributed by atoms with van der Waals surface area (Å²) in [5, 5.41) is 0. The maximum atomic E-state index is 11.9. The number of hydrogen-bond acceptors (Lipinski definition) is 2. The van der Waals surface area contributed by atoms with Gasteiger partial charge in [0.1, 0.15) is 0 Å². The summed E-state index contributed by atoms with van der Waals surface area (Å²) >= 11 is 5.73. The smallest absolute Gasteiger partial charge is 0.225 e. The monoisotopic (exact) mass is 230 g/mol. The standard InChI is InChI=1S/C11H19ClN2O/c12-4-7-13-5-1-6-14(9-8-13)11(15)10-2-3-10/h10H,1-9H2. The number of alkyl halides is 1. The first-order valence-corrected chi connectivity index (χ1v) is 6.42. The molecule has 0 atom stereocenters. The van der Waals surface area contributed by atoms with Gasteiger partial charge in [-0.1, -0.05) is 0 Å². The van der Waals surface area contributed by atoms with E-state index in [0.717, 1.165) is 52.0 Å². The van der Waals surface area contributed by atoms with E-state index in [-0.39, 0.29) is 0 Å². The minimum atomic E-state index is 0.365. The summed E-state index contributed by atoms with van der Waals surface area (Å²) in [6.07, 6.45) is 3.32. The third-order valence-electron chi connectivity index (χ3n) is 3.23. The minimum absolute atomic E-state index is 0.365. The van der Waals surface area contributed by atoms with Crippen molar-refractivity contribution in [2.75, 3.05) is 38.6 Å². The zero-order chi connectivity index (χ0) is 10.7. The first-order valence-electron chi connectivity index (χ1n) is 5.88. The fraction of sp³-hybridized carbons (Fsp3) is 0.909. The molecule has 2 rings (SSSR count). The number of carbonyl (C=O) groups is 1. The van der Waals surface area contributed by atoms with Crippen LogP contribution in [0.25, 0.3) is 0 Å². The second kappa shape index (κ2) is 5.17. The lowest BCUT2D eigenvalue weighted by molar-refractivity contribution is -0.132. The Balaban J connectivity index is 1.80. The van der Waals surface area contributed by atoms with Crippen molar-refractivity contribution in [2.45, 2.75) is 19.3 Å². The van der Waals surface area contributed by atoms with Gasteiger partial charge in [-0.3, -0.25) is 4.79 Å². The SMILES string of the molecule is O=C(C1CC1)N1CCCN(CCCl)CC1. The van der Waals surface area contributed by atoms with E-state index in [4.69, 9.17) is 11.6 Å². The summed E-state index contributed by atoms with van der Waals surface area (Å²) in [5.41, 5.74) is 0. The summed E-state index contributed by atoms with van der Waals surface area (Å²) in [4.78, 5) is 16.3. The molecule has 0 aromatic heterocycles. The van der Waals surface area contributed by atoms with Crippen LogP contribution in [0, 0.1) is 5.92 Å². The third kappa shape index (κ3) is 3.08. The van der Waals surface area contributed by atoms with E-state index < -0.39 is 0 Å². The Bertz CT molecular complexity index is 231. The number of amides is 1. The van der Waals surface area contributed by atoms with Crippen LogP contribution in [0.3, 0.4) is 0 Å². The van der Waals surface area contributed by atoms with Crippen molar-refractivity contribution < 1.29 is 4.79 Å². The summed E-state index contributed by atoms with van der Waals surface area (Å²) in [5.74, 6) is 1.45. The van der Waals surface area contributed by atoms with E-state index in [1.807, 2.05) is 4.90 Å². The highest BCUT2D eigenvalue weighted by Gasteiger charge is 2.33. The highest BCUT2D eigenvalue weighted by atomic mass is 35.5. The average Bonchev–Trinajstić information content (AvgIpc) is 3.05. The van der Waals surface area contributed by atoms with Crippen LogP contribution in [0.4, 0.5) is 0 Å². The largest absolute Gasteiger partial charge is 0.341 e. The Morgan fingerprint density at radius 1 is 1.20 bits per heavy atom. The van der Waals surface area contributed by atoms with Crippen LogP contribution in [0.15, 0.2) is 0 Å². The summed E-state index contributed by atoms with van der Waals surface area (Å²) in [7, 11) is 0. The van der Waals surface area contributed by atoms with Gasteiger partial charge in [-0.25, -0.2) is 0 Å². The maximum Gasteiger partial charge on any atom is 0.225 e. The van der Waals surface area contributed by atoms with Crippen LogP contribution in [0.5, 0.6) is 0 Å². The summed E-state index contributed by atoms with van der Waals surface area (Å²) < 4.78 is 0. The molecular weight excluding hydrogens is 212 g/mol. The summed E-state index contributed by atoms with van der Waals surface area (Å²) in [6.45, 7) is 4.86. The summed E-state index contributed by atoms with van der Waals surface area (Å²) in [6, 6.07) is 0. The van der Waals surface area contributed by atoms with Crippen LogP contribution in [0.1, 0.15) is 19.3 Å². The molecule has 1 aliphatic heterocycles. The zero-order valence-corrected chi connectivity index (χ0v) is 9.88. The second-order valence-electron chi connectivity index (χ2n) is 4.48. The van der Waals surface area contributed by atoms with Crippen molar-refractivity contribution in [3.05, 3.63) is 0 Å². The number of rotatable bonds is 3. The molecule has 86 valence electrons. The number of halogens is 1. The molecule has 2 fully saturated rings. The molecule has 0 N–H and O–H groups in total. The normalized spacial score (nSPS) is 23.9. The highest BCUT2D eigenvalue weighted by Crippen LogP contribution is 2.31. The van der Waals surface area contributed by atoms with Crippen molar-refractivity contribution in [3.8, 4) is 0 Å². The van der Waals surface area contributed by atoms with Crippen molar-refractivity contribution in [3.63, 3.8) is 0 Å².